The number of hydrogen-bond donors (Lipinski definition) is 0. The standard InChI is InChI=1S/C14H19F2N.C10H12F2O.C9H9BrO/c1-14(2)5-7-17(8-6-14)10-11-3-4-12(15)13(16)9-11;1-7-4-5-9(8(2)6-7)13-10(3,11)12;1-6-5-8(10)3-4-9(6)7(2)11/h3-4,9H,5-8,10H2,1-2H3;4-6H,1-3H3;3-5H,1-2H3. The van der Waals surface area contributed by atoms with Gasteiger partial charge in [0.25, 0.3) is 0 Å². The highest BCUT2D eigenvalue weighted by molar-refractivity contribution is 9.10. The van der Waals surface area contributed by atoms with Gasteiger partial charge < -0.3 is 4.74 Å². The van der Waals surface area contributed by atoms with Crippen molar-refractivity contribution in [3.8, 4) is 5.75 Å². The molecule has 0 unspecified atom stereocenters. The molecule has 0 amide bonds. The molecule has 8 heteroatoms. The van der Waals surface area contributed by atoms with Crippen molar-refractivity contribution in [2.75, 3.05) is 13.1 Å². The van der Waals surface area contributed by atoms with Gasteiger partial charge in [0.2, 0.25) is 0 Å². The maximum absolute atomic E-state index is 13.1. The third kappa shape index (κ3) is 12.4. The van der Waals surface area contributed by atoms with Gasteiger partial charge >= 0.3 is 6.11 Å². The fourth-order valence-corrected chi connectivity index (χ4v) is 4.82. The third-order valence-corrected chi connectivity index (χ3v) is 7.28. The lowest BCUT2D eigenvalue weighted by Gasteiger charge is -2.36. The SMILES string of the molecule is CC(=O)c1ccc(Br)cc1C.CC1(C)CCN(Cc2ccc(F)c(F)c2)CC1.Cc1ccc(OC(C)(F)F)c(C)c1. The normalized spacial score (nSPS) is 14.7. The molecular weight excluding hydrogens is 598 g/mol. The molecule has 1 aliphatic rings. The van der Waals surface area contributed by atoms with Crippen molar-refractivity contribution in [3.05, 3.63) is 98.5 Å². The summed E-state index contributed by atoms with van der Waals surface area (Å²) in [5.74, 6) is -1.17. The first-order valence-corrected chi connectivity index (χ1v) is 14.3. The zero-order valence-corrected chi connectivity index (χ0v) is 26.5. The summed E-state index contributed by atoms with van der Waals surface area (Å²) in [6.45, 7) is 15.2. The van der Waals surface area contributed by atoms with Crippen molar-refractivity contribution in [2.45, 2.75) is 74.0 Å². The van der Waals surface area contributed by atoms with Gasteiger partial charge in [-0.1, -0.05) is 59.6 Å². The molecule has 4 rings (SSSR count). The zero-order valence-electron chi connectivity index (χ0n) is 24.9. The smallest absolute Gasteiger partial charge is 0.394 e. The van der Waals surface area contributed by atoms with Crippen LogP contribution < -0.4 is 4.74 Å². The van der Waals surface area contributed by atoms with Crippen molar-refractivity contribution < 1.29 is 27.1 Å². The van der Waals surface area contributed by atoms with Crippen LogP contribution >= 0.6 is 15.9 Å². The zero-order chi connectivity index (χ0) is 31.0. The highest BCUT2D eigenvalue weighted by atomic mass is 79.9. The van der Waals surface area contributed by atoms with Crippen LogP contribution in [0.1, 0.15) is 73.1 Å². The van der Waals surface area contributed by atoms with Gasteiger partial charge in [0.05, 0.1) is 0 Å². The minimum absolute atomic E-state index is 0.120. The molecular formula is C33H40BrF4NO2. The summed E-state index contributed by atoms with van der Waals surface area (Å²) >= 11 is 3.33. The fourth-order valence-electron chi connectivity index (χ4n) is 4.34. The van der Waals surface area contributed by atoms with E-state index in [-0.39, 0.29) is 11.5 Å². The second-order valence-electron chi connectivity index (χ2n) is 11.4. The number of rotatable bonds is 5. The largest absolute Gasteiger partial charge is 0.433 e. The second-order valence-corrected chi connectivity index (χ2v) is 12.3. The summed E-state index contributed by atoms with van der Waals surface area (Å²) in [6.07, 6.45) is -0.784. The Morgan fingerprint density at radius 2 is 1.56 bits per heavy atom. The monoisotopic (exact) mass is 637 g/mol. The summed E-state index contributed by atoms with van der Waals surface area (Å²) in [5, 5.41) is 0. The number of benzene rings is 3. The molecule has 3 aromatic rings. The molecule has 0 spiro atoms. The van der Waals surface area contributed by atoms with Crippen LogP contribution in [0.4, 0.5) is 17.6 Å². The molecule has 0 N–H and O–H groups in total. The van der Waals surface area contributed by atoms with E-state index < -0.39 is 17.7 Å². The van der Waals surface area contributed by atoms with Gasteiger partial charge in [-0.25, -0.2) is 8.78 Å². The molecule has 224 valence electrons. The number of ketones is 1. The summed E-state index contributed by atoms with van der Waals surface area (Å²) < 4.78 is 56.3. The topological polar surface area (TPSA) is 29.5 Å². The van der Waals surface area contributed by atoms with E-state index in [1.807, 2.05) is 32.0 Å². The molecule has 0 radical (unpaired) electrons. The number of halogens is 5. The highest BCUT2D eigenvalue weighted by Crippen LogP contribution is 2.30. The number of piperidine rings is 1. The number of carbonyl (C=O) groups is 1. The lowest BCUT2D eigenvalue weighted by atomic mass is 9.82. The molecule has 1 saturated heterocycles. The van der Waals surface area contributed by atoms with Gasteiger partial charge in [0, 0.05) is 23.5 Å². The molecule has 0 atom stereocenters. The van der Waals surface area contributed by atoms with Crippen LogP contribution in [-0.4, -0.2) is 29.9 Å². The molecule has 0 aromatic heterocycles. The van der Waals surface area contributed by atoms with Crippen LogP contribution in [0.3, 0.4) is 0 Å². The van der Waals surface area contributed by atoms with Crippen molar-refractivity contribution in [1.29, 1.82) is 0 Å². The van der Waals surface area contributed by atoms with Gasteiger partial charge in [0.1, 0.15) is 5.75 Å². The Balaban J connectivity index is 0.000000221. The summed E-state index contributed by atoms with van der Waals surface area (Å²) in [5.41, 5.74) is 4.85. The first kappa shape index (κ1) is 34.5. The van der Waals surface area contributed by atoms with E-state index in [9.17, 15) is 22.4 Å². The molecule has 0 bridgehead atoms. The molecule has 1 aliphatic heterocycles. The molecule has 1 fully saturated rings. The summed E-state index contributed by atoms with van der Waals surface area (Å²) in [6, 6.07) is 14.9. The molecule has 0 aliphatic carbocycles. The van der Waals surface area contributed by atoms with Crippen molar-refractivity contribution in [2.24, 2.45) is 5.41 Å². The van der Waals surface area contributed by atoms with Gasteiger partial charge in [-0.3, -0.25) is 9.69 Å². The van der Waals surface area contributed by atoms with E-state index in [0.717, 1.165) is 65.1 Å². The van der Waals surface area contributed by atoms with E-state index in [0.29, 0.717) is 12.0 Å². The predicted octanol–water partition coefficient (Wildman–Crippen LogP) is 9.84. The summed E-state index contributed by atoms with van der Waals surface area (Å²) in [7, 11) is 0. The Labute approximate surface area is 250 Å². The van der Waals surface area contributed by atoms with Gasteiger partial charge in [0.15, 0.2) is 17.4 Å². The number of ether oxygens (including phenoxy) is 1. The van der Waals surface area contributed by atoms with Crippen molar-refractivity contribution >= 4 is 21.7 Å². The van der Waals surface area contributed by atoms with Crippen LogP contribution in [0, 0.1) is 37.8 Å². The Kier molecular flexibility index (Phi) is 12.6. The Morgan fingerprint density at radius 3 is 2.07 bits per heavy atom. The highest BCUT2D eigenvalue weighted by Gasteiger charge is 2.25. The molecule has 3 nitrogen and oxygen atoms in total. The van der Waals surface area contributed by atoms with Crippen LogP contribution in [0.2, 0.25) is 0 Å². The number of likely N-dealkylation sites (tertiary alicyclic amines) is 1. The number of hydrogen-bond acceptors (Lipinski definition) is 3. The average molecular weight is 639 g/mol. The lowest BCUT2D eigenvalue weighted by molar-refractivity contribution is -0.159. The average Bonchev–Trinajstić information content (AvgIpc) is 2.84. The molecule has 0 saturated carbocycles. The Bertz CT molecular complexity index is 1310. The number of aryl methyl sites for hydroxylation is 3. The molecule has 1 heterocycles. The minimum Gasteiger partial charge on any atom is -0.433 e. The van der Waals surface area contributed by atoms with Crippen LogP contribution in [0.15, 0.2) is 59.1 Å². The molecule has 41 heavy (non-hydrogen) atoms. The Hall–Kier alpha value is -2.71. The van der Waals surface area contributed by atoms with E-state index in [4.69, 9.17) is 0 Å². The van der Waals surface area contributed by atoms with Gasteiger partial charge in [-0.2, -0.15) is 8.78 Å². The molecule has 3 aromatic carbocycles. The van der Waals surface area contributed by atoms with Crippen molar-refractivity contribution in [1.82, 2.24) is 4.90 Å². The first-order chi connectivity index (χ1) is 19.0. The third-order valence-electron chi connectivity index (χ3n) is 6.79. The van der Waals surface area contributed by atoms with Crippen LogP contribution in [0.25, 0.3) is 0 Å². The van der Waals surface area contributed by atoms with E-state index in [1.165, 1.54) is 12.1 Å². The first-order valence-electron chi connectivity index (χ1n) is 13.5. The van der Waals surface area contributed by atoms with E-state index >= 15 is 0 Å². The maximum Gasteiger partial charge on any atom is 0.394 e. The minimum atomic E-state index is -3.11. The fraction of sp³-hybridized carbons (Fsp3) is 0.424. The number of nitrogens with zero attached hydrogens (tertiary/aromatic N) is 1. The lowest BCUT2D eigenvalue weighted by Crippen LogP contribution is -2.36. The van der Waals surface area contributed by atoms with Crippen LogP contribution in [0.5, 0.6) is 5.75 Å². The predicted molar refractivity (Wildman–Crippen MR) is 161 cm³/mol. The second kappa shape index (κ2) is 15.0. The van der Waals surface area contributed by atoms with E-state index in [2.05, 4.69) is 39.4 Å². The number of alkyl halides is 2. The van der Waals surface area contributed by atoms with Crippen molar-refractivity contribution in [3.63, 3.8) is 0 Å². The van der Waals surface area contributed by atoms with E-state index in [1.54, 1.807) is 38.1 Å². The number of carbonyl (C=O) groups excluding carboxylic acids is 1. The summed E-state index contributed by atoms with van der Waals surface area (Å²) in [4.78, 5) is 13.3. The van der Waals surface area contributed by atoms with Gasteiger partial charge in [-0.05, 0) is 106 Å². The maximum atomic E-state index is 13.1. The number of Topliss-reactive ketones (excluding diaryl/α,β-unsaturated/α-hetero) is 1. The Morgan fingerprint density at radius 1 is 0.927 bits per heavy atom. The van der Waals surface area contributed by atoms with Gasteiger partial charge in [-0.15, -0.1) is 0 Å². The quantitative estimate of drug-likeness (QED) is 0.206. The van der Waals surface area contributed by atoms with Crippen LogP contribution in [-0.2, 0) is 6.54 Å².